The van der Waals surface area contributed by atoms with Crippen molar-refractivity contribution in [2.75, 3.05) is 0 Å². The predicted octanol–water partition coefficient (Wildman–Crippen LogP) is 3.86. The van der Waals surface area contributed by atoms with Crippen molar-refractivity contribution in [2.24, 2.45) is 17.8 Å². The molecule has 0 spiro atoms. The molecule has 0 aromatic carbocycles. The summed E-state index contributed by atoms with van der Waals surface area (Å²) in [7, 11) is 0. The molecule has 0 heterocycles. The molecule has 3 unspecified atom stereocenters. The van der Waals surface area contributed by atoms with Gasteiger partial charge in [0.15, 0.2) is 0 Å². The lowest BCUT2D eigenvalue weighted by atomic mass is 9.74. The van der Waals surface area contributed by atoms with Gasteiger partial charge in [0.05, 0.1) is 0 Å². The molecule has 0 N–H and O–H groups in total. The van der Waals surface area contributed by atoms with Crippen LogP contribution in [0.3, 0.4) is 0 Å². The van der Waals surface area contributed by atoms with Gasteiger partial charge in [-0.1, -0.05) is 46.5 Å². The maximum Gasteiger partial charge on any atom is -0.0412 e. The third kappa shape index (κ3) is 2.50. The Bertz CT molecular complexity index is 107. The zero-order chi connectivity index (χ0) is 8.27. The second-order valence-corrected chi connectivity index (χ2v) is 4.42. The Morgan fingerprint density at radius 2 is 1.82 bits per heavy atom. The molecule has 66 valence electrons. The first-order valence-electron chi connectivity index (χ1n) is 5.24. The molecule has 0 aromatic rings. The van der Waals surface area contributed by atoms with Crippen molar-refractivity contribution in [2.45, 2.75) is 52.9 Å². The molecule has 11 heavy (non-hydrogen) atoms. The predicted molar refractivity (Wildman–Crippen MR) is 50.6 cm³/mol. The van der Waals surface area contributed by atoms with Crippen LogP contribution in [0, 0.1) is 17.8 Å². The van der Waals surface area contributed by atoms with E-state index in [1.165, 1.54) is 32.1 Å². The van der Waals surface area contributed by atoms with Gasteiger partial charge in [0.2, 0.25) is 0 Å². The summed E-state index contributed by atoms with van der Waals surface area (Å²) in [6.07, 6.45) is 7.32. The van der Waals surface area contributed by atoms with Crippen molar-refractivity contribution in [3.63, 3.8) is 0 Å². The van der Waals surface area contributed by atoms with Gasteiger partial charge in [0.25, 0.3) is 0 Å². The molecule has 1 aliphatic rings. The van der Waals surface area contributed by atoms with Gasteiger partial charge in [-0.25, -0.2) is 0 Å². The second kappa shape index (κ2) is 4.13. The summed E-state index contributed by atoms with van der Waals surface area (Å²) in [6.45, 7) is 7.14. The maximum atomic E-state index is 2.42. The van der Waals surface area contributed by atoms with E-state index in [-0.39, 0.29) is 0 Å². The lowest BCUT2D eigenvalue weighted by Crippen LogP contribution is -2.20. The van der Waals surface area contributed by atoms with Crippen molar-refractivity contribution in [1.29, 1.82) is 0 Å². The van der Waals surface area contributed by atoms with E-state index >= 15 is 0 Å². The minimum Gasteiger partial charge on any atom is -0.0654 e. The summed E-state index contributed by atoms with van der Waals surface area (Å²) >= 11 is 0. The molecule has 1 fully saturated rings. The second-order valence-electron chi connectivity index (χ2n) is 4.42. The zero-order valence-electron chi connectivity index (χ0n) is 8.27. The Morgan fingerprint density at radius 1 is 1.09 bits per heavy atom. The smallest absolute Gasteiger partial charge is 0.0412 e. The van der Waals surface area contributed by atoms with Gasteiger partial charge >= 0.3 is 0 Å². The van der Waals surface area contributed by atoms with E-state index in [0.29, 0.717) is 0 Å². The molecule has 1 aliphatic carbocycles. The molecule has 0 aromatic heterocycles. The minimum absolute atomic E-state index is 0.986. The van der Waals surface area contributed by atoms with Crippen molar-refractivity contribution in [3.8, 4) is 0 Å². The number of rotatable bonds is 2. The van der Waals surface area contributed by atoms with Crippen molar-refractivity contribution in [1.82, 2.24) is 0 Å². The average Bonchev–Trinajstić information content (AvgIpc) is 1.98. The summed E-state index contributed by atoms with van der Waals surface area (Å²) in [5.41, 5.74) is 0. The highest BCUT2D eigenvalue weighted by Gasteiger charge is 2.23. The fourth-order valence-corrected chi connectivity index (χ4v) is 2.33. The van der Waals surface area contributed by atoms with Crippen LogP contribution in [0.2, 0.25) is 0 Å². The van der Waals surface area contributed by atoms with Crippen LogP contribution in [-0.2, 0) is 0 Å². The molecule has 1 saturated carbocycles. The van der Waals surface area contributed by atoms with E-state index in [4.69, 9.17) is 0 Å². The number of hydrogen-bond acceptors (Lipinski definition) is 0. The molecule has 0 aliphatic heterocycles. The van der Waals surface area contributed by atoms with E-state index in [1.54, 1.807) is 0 Å². The highest BCUT2D eigenvalue weighted by Crippen LogP contribution is 2.35. The molecule has 0 bridgehead atoms. The van der Waals surface area contributed by atoms with Gasteiger partial charge < -0.3 is 0 Å². The normalized spacial score (nSPS) is 39.0. The first kappa shape index (κ1) is 9.09. The van der Waals surface area contributed by atoms with Gasteiger partial charge in [-0.05, 0) is 24.2 Å². The summed E-state index contributed by atoms with van der Waals surface area (Å²) in [5.74, 6) is 3.04. The van der Waals surface area contributed by atoms with Crippen molar-refractivity contribution < 1.29 is 0 Å². The first-order valence-corrected chi connectivity index (χ1v) is 5.24. The topological polar surface area (TPSA) is 0 Å². The van der Waals surface area contributed by atoms with Crippen LogP contribution >= 0.6 is 0 Å². The van der Waals surface area contributed by atoms with Gasteiger partial charge in [0, 0.05) is 0 Å². The van der Waals surface area contributed by atoms with Crippen LogP contribution < -0.4 is 0 Å². The SMILES string of the molecule is CCCC1CCC(C)C(C)C1. The van der Waals surface area contributed by atoms with Crippen molar-refractivity contribution in [3.05, 3.63) is 0 Å². The van der Waals surface area contributed by atoms with Gasteiger partial charge in [-0.3, -0.25) is 0 Å². The van der Waals surface area contributed by atoms with Gasteiger partial charge in [0.1, 0.15) is 0 Å². The van der Waals surface area contributed by atoms with E-state index < -0.39 is 0 Å². The fourth-order valence-electron chi connectivity index (χ4n) is 2.33. The Balaban J connectivity index is 2.28. The quantitative estimate of drug-likeness (QED) is 0.566. The van der Waals surface area contributed by atoms with Gasteiger partial charge in [-0.2, -0.15) is 0 Å². The van der Waals surface area contributed by atoms with Crippen LogP contribution in [0.4, 0.5) is 0 Å². The zero-order valence-corrected chi connectivity index (χ0v) is 8.27. The highest BCUT2D eigenvalue weighted by atomic mass is 14.3. The summed E-state index contributed by atoms with van der Waals surface area (Å²) in [4.78, 5) is 0. The summed E-state index contributed by atoms with van der Waals surface area (Å²) in [6, 6.07) is 0. The maximum absolute atomic E-state index is 2.42. The molecule has 0 amide bonds. The molecule has 0 nitrogen and oxygen atoms in total. The molecule has 0 radical (unpaired) electrons. The van der Waals surface area contributed by atoms with Crippen LogP contribution in [-0.4, -0.2) is 0 Å². The number of hydrogen-bond donors (Lipinski definition) is 0. The highest BCUT2D eigenvalue weighted by molar-refractivity contribution is 4.74. The lowest BCUT2D eigenvalue weighted by Gasteiger charge is -2.31. The Labute approximate surface area is 71.4 Å². The van der Waals surface area contributed by atoms with E-state index in [2.05, 4.69) is 20.8 Å². The molecule has 0 heteroatoms. The Kier molecular flexibility index (Phi) is 3.42. The standard InChI is InChI=1S/C11H22/c1-4-5-11-7-6-9(2)10(3)8-11/h9-11H,4-8H2,1-3H3. The van der Waals surface area contributed by atoms with E-state index in [1.807, 2.05) is 0 Å². The lowest BCUT2D eigenvalue weighted by molar-refractivity contribution is 0.199. The fraction of sp³-hybridized carbons (Fsp3) is 1.00. The van der Waals surface area contributed by atoms with Crippen LogP contribution in [0.5, 0.6) is 0 Å². The van der Waals surface area contributed by atoms with E-state index in [0.717, 1.165) is 17.8 Å². The Hall–Kier alpha value is 0. The van der Waals surface area contributed by atoms with Gasteiger partial charge in [-0.15, -0.1) is 0 Å². The monoisotopic (exact) mass is 154 g/mol. The molecule has 1 rings (SSSR count). The van der Waals surface area contributed by atoms with Crippen molar-refractivity contribution >= 4 is 0 Å². The van der Waals surface area contributed by atoms with Crippen LogP contribution in [0.1, 0.15) is 52.9 Å². The molecular formula is C11H22. The molecule has 3 atom stereocenters. The van der Waals surface area contributed by atoms with E-state index in [9.17, 15) is 0 Å². The minimum atomic E-state index is 0.986. The van der Waals surface area contributed by atoms with Crippen LogP contribution in [0.15, 0.2) is 0 Å². The first-order chi connectivity index (χ1) is 5.24. The average molecular weight is 154 g/mol. The van der Waals surface area contributed by atoms with Crippen LogP contribution in [0.25, 0.3) is 0 Å². The summed E-state index contributed by atoms with van der Waals surface area (Å²) < 4.78 is 0. The third-order valence-corrected chi connectivity index (χ3v) is 3.40. The Morgan fingerprint density at radius 3 is 2.36 bits per heavy atom. The largest absolute Gasteiger partial charge is 0.0654 e. The third-order valence-electron chi connectivity index (χ3n) is 3.40. The molecular weight excluding hydrogens is 132 g/mol. The summed E-state index contributed by atoms with van der Waals surface area (Å²) in [5, 5.41) is 0. The molecule has 0 saturated heterocycles.